The Bertz CT molecular complexity index is 1170. The van der Waals surface area contributed by atoms with Gasteiger partial charge in [-0.15, -0.1) is 0 Å². The predicted molar refractivity (Wildman–Crippen MR) is 179 cm³/mol. The van der Waals surface area contributed by atoms with E-state index in [1.54, 1.807) is 7.05 Å². The number of nitrogens with one attached hydrogen (secondary N) is 5. The molecule has 1 aliphatic rings. The quantitative estimate of drug-likeness (QED) is 0.0623. The van der Waals surface area contributed by atoms with Crippen LogP contribution in [-0.4, -0.2) is 107 Å². The molecule has 280 valence electrons. The first-order valence-corrected chi connectivity index (χ1v) is 16.7. The van der Waals surface area contributed by atoms with Crippen molar-refractivity contribution in [2.24, 2.45) is 11.8 Å². The third kappa shape index (κ3) is 15.6. The molecular formula is C33H58N6O10. The van der Waals surface area contributed by atoms with Crippen LogP contribution < -0.4 is 26.6 Å². The first-order valence-electron chi connectivity index (χ1n) is 16.7. The van der Waals surface area contributed by atoms with E-state index < -0.39 is 72.1 Å². The molecule has 3 atom stereocenters. The Kier molecular flexibility index (Phi) is 17.3. The Morgan fingerprint density at radius 3 is 1.61 bits per heavy atom. The normalized spacial score (nSPS) is 17.7. The fraction of sp³-hybridized carbons (Fsp3) is 0.788. The molecule has 1 saturated heterocycles. The van der Waals surface area contributed by atoms with Crippen LogP contribution >= 0.6 is 0 Å². The monoisotopic (exact) mass is 698 g/mol. The molecule has 0 spiro atoms. The minimum atomic E-state index is -1.14. The van der Waals surface area contributed by atoms with E-state index in [1.807, 2.05) is 55.4 Å². The highest BCUT2D eigenvalue weighted by molar-refractivity contribution is 5.99. The molecule has 49 heavy (non-hydrogen) atoms. The van der Waals surface area contributed by atoms with Gasteiger partial charge in [0, 0.05) is 23.7 Å². The molecule has 16 nitrogen and oxygen atoms in total. The lowest BCUT2D eigenvalue weighted by Gasteiger charge is -2.51. The Labute approximate surface area is 289 Å². The van der Waals surface area contributed by atoms with Crippen LogP contribution in [0.25, 0.3) is 0 Å². The number of hydrogen-bond acceptors (Lipinski definition) is 12. The summed E-state index contributed by atoms with van der Waals surface area (Å²) in [7, 11) is 1.57. The summed E-state index contributed by atoms with van der Waals surface area (Å²) in [6.07, 6.45) is 0.419. The van der Waals surface area contributed by atoms with Gasteiger partial charge in [0.1, 0.15) is 30.3 Å². The number of likely N-dealkylation sites (N-methyl/N-ethyl adjacent to an activating group) is 1. The summed E-state index contributed by atoms with van der Waals surface area (Å²) >= 11 is 0. The third-order valence-electron chi connectivity index (χ3n) is 7.94. The molecule has 0 radical (unpaired) electrons. The smallest absolute Gasteiger partial charge is 0.331 e. The molecule has 4 amide bonds. The topological polar surface area (TPSA) is 222 Å². The van der Waals surface area contributed by atoms with Gasteiger partial charge in [-0.2, -0.15) is 5.06 Å². The molecule has 1 rings (SSSR count). The average molecular weight is 699 g/mol. The molecule has 16 heteroatoms. The van der Waals surface area contributed by atoms with E-state index in [0.717, 1.165) is 0 Å². The highest BCUT2D eigenvalue weighted by Crippen LogP contribution is 2.36. The second kappa shape index (κ2) is 19.5. The number of Topliss-reactive ketones (excluding diaryl/α,β-unsaturated/α-hetero) is 1. The van der Waals surface area contributed by atoms with E-state index in [9.17, 15) is 38.8 Å². The molecule has 0 bridgehead atoms. The van der Waals surface area contributed by atoms with Gasteiger partial charge >= 0.3 is 11.9 Å². The van der Waals surface area contributed by atoms with Crippen molar-refractivity contribution in [1.29, 1.82) is 0 Å². The molecule has 1 aliphatic heterocycles. The number of hydrogen-bond donors (Lipinski definition) is 6. The molecule has 0 aromatic carbocycles. The van der Waals surface area contributed by atoms with Crippen molar-refractivity contribution in [3.8, 4) is 0 Å². The lowest BCUT2D eigenvalue weighted by Crippen LogP contribution is -2.64. The molecule has 6 N–H and O–H groups in total. The maximum absolute atomic E-state index is 13.0. The zero-order valence-electron chi connectivity index (χ0n) is 30.7. The lowest BCUT2D eigenvalue weighted by atomic mass is 9.79. The standard InChI is InChI=1S/C33H58N6O10/c1-19(2)11-23(37-27(42)13-21(5)40)30(45)48-18-49-31(46)24(12-20(3)4)38-28(43)14-26(41)35-17-25(34-10)29(44)36-22-15-32(6,7)39(47)33(8,9)16-22/h19-20,22-25,34,47H,11-18H2,1-10H3,(H,35,41)(H,36,44)(H,37,42)(H,38,43). The van der Waals surface area contributed by atoms with Crippen LogP contribution in [0.3, 0.4) is 0 Å². The average Bonchev–Trinajstić information content (AvgIpc) is 2.94. The van der Waals surface area contributed by atoms with Gasteiger partial charge in [0.15, 0.2) is 0 Å². The van der Waals surface area contributed by atoms with E-state index in [2.05, 4.69) is 26.6 Å². The number of esters is 2. The largest absolute Gasteiger partial charge is 0.426 e. The molecule has 1 fully saturated rings. The molecule has 3 unspecified atom stereocenters. The van der Waals surface area contributed by atoms with Crippen molar-refractivity contribution < 1.29 is 48.2 Å². The predicted octanol–water partition coefficient (Wildman–Crippen LogP) is 0.693. The number of carbonyl (C=O) groups excluding carboxylic acids is 7. The summed E-state index contributed by atoms with van der Waals surface area (Å²) in [5.41, 5.74) is -1.12. The van der Waals surface area contributed by atoms with Gasteiger partial charge < -0.3 is 41.3 Å². The van der Waals surface area contributed by atoms with Crippen LogP contribution in [-0.2, 0) is 43.0 Å². The van der Waals surface area contributed by atoms with Crippen molar-refractivity contribution in [3.05, 3.63) is 0 Å². The minimum Gasteiger partial charge on any atom is -0.426 e. The Balaban J connectivity index is 2.68. The Hall–Kier alpha value is -3.63. The summed E-state index contributed by atoms with van der Waals surface area (Å²) in [5.74, 6) is -4.57. The van der Waals surface area contributed by atoms with Gasteiger partial charge in [-0.1, -0.05) is 27.7 Å². The van der Waals surface area contributed by atoms with Crippen LogP contribution in [0.15, 0.2) is 0 Å². The number of hydroxylamine groups is 2. The van der Waals surface area contributed by atoms with Crippen molar-refractivity contribution in [1.82, 2.24) is 31.6 Å². The van der Waals surface area contributed by atoms with Crippen LogP contribution in [0, 0.1) is 11.8 Å². The maximum atomic E-state index is 13.0. The van der Waals surface area contributed by atoms with Crippen LogP contribution in [0.5, 0.6) is 0 Å². The summed E-state index contributed by atoms with van der Waals surface area (Å²) in [6, 6.07) is -3.20. The SMILES string of the molecule is CNC(CNC(=O)CC(=O)NC(CC(C)C)C(=O)OCOC(=O)C(CC(C)C)NC(=O)CC(C)=O)C(=O)NC1CC(C)(C)N(O)C(C)(C)C1. The number of ketones is 1. The van der Waals surface area contributed by atoms with Crippen molar-refractivity contribution in [2.45, 2.75) is 136 Å². The van der Waals surface area contributed by atoms with E-state index >= 15 is 0 Å². The summed E-state index contributed by atoms with van der Waals surface area (Å²) < 4.78 is 10.1. The summed E-state index contributed by atoms with van der Waals surface area (Å²) in [6.45, 7) is 15.2. The lowest BCUT2D eigenvalue weighted by molar-refractivity contribution is -0.246. The van der Waals surface area contributed by atoms with E-state index in [4.69, 9.17) is 9.47 Å². The zero-order chi connectivity index (χ0) is 37.7. The van der Waals surface area contributed by atoms with Gasteiger partial charge in [0.25, 0.3) is 0 Å². The Morgan fingerprint density at radius 2 is 1.20 bits per heavy atom. The summed E-state index contributed by atoms with van der Waals surface area (Å²) in [5, 5.41) is 25.2. The fourth-order valence-corrected chi connectivity index (χ4v) is 5.86. The van der Waals surface area contributed by atoms with E-state index in [0.29, 0.717) is 12.8 Å². The first-order chi connectivity index (χ1) is 22.6. The van der Waals surface area contributed by atoms with E-state index in [1.165, 1.54) is 12.0 Å². The number of carbonyl (C=O) groups is 7. The highest BCUT2D eigenvalue weighted by Gasteiger charge is 2.45. The molecule has 0 saturated carbocycles. The van der Waals surface area contributed by atoms with Crippen LogP contribution in [0.2, 0.25) is 0 Å². The zero-order valence-corrected chi connectivity index (χ0v) is 30.7. The van der Waals surface area contributed by atoms with Gasteiger partial charge in [0.05, 0.1) is 6.42 Å². The molecular weight excluding hydrogens is 640 g/mol. The van der Waals surface area contributed by atoms with Gasteiger partial charge in [-0.3, -0.25) is 24.0 Å². The molecule has 0 aliphatic carbocycles. The fourth-order valence-electron chi connectivity index (χ4n) is 5.86. The Morgan fingerprint density at radius 1 is 0.755 bits per heavy atom. The molecule has 0 aromatic rings. The van der Waals surface area contributed by atoms with Gasteiger partial charge in [-0.05, 0) is 79.2 Å². The van der Waals surface area contributed by atoms with Gasteiger partial charge in [0.2, 0.25) is 30.4 Å². The third-order valence-corrected chi connectivity index (χ3v) is 7.94. The molecule has 0 aromatic heterocycles. The number of piperidine rings is 1. The second-order valence-electron chi connectivity index (χ2n) is 14.8. The summed E-state index contributed by atoms with van der Waals surface area (Å²) in [4.78, 5) is 87.0. The van der Waals surface area contributed by atoms with Crippen molar-refractivity contribution in [2.75, 3.05) is 20.4 Å². The minimum absolute atomic E-state index is 0.00183. The number of amides is 4. The van der Waals surface area contributed by atoms with Crippen LogP contribution in [0.1, 0.15) is 101 Å². The maximum Gasteiger partial charge on any atom is 0.331 e. The first kappa shape index (κ1) is 43.4. The van der Waals surface area contributed by atoms with Crippen LogP contribution in [0.4, 0.5) is 0 Å². The number of ether oxygens (including phenoxy) is 2. The van der Waals surface area contributed by atoms with E-state index in [-0.39, 0.29) is 55.4 Å². The number of nitrogens with zero attached hydrogens (tertiary/aromatic N) is 1. The van der Waals surface area contributed by atoms with Crippen molar-refractivity contribution >= 4 is 41.4 Å². The second-order valence-corrected chi connectivity index (χ2v) is 14.8. The number of rotatable bonds is 19. The molecule has 1 heterocycles. The van der Waals surface area contributed by atoms with Crippen molar-refractivity contribution in [3.63, 3.8) is 0 Å². The van der Waals surface area contributed by atoms with Gasteiger partial charge in [-0.25, -0.2) is 9.59 Å². The highest BCUT2D eigenvalue weighted by atomic mass is 16.7.